The third kappa shape index (κ3) is 4.48. The highest BCUT2D eigenvalue weighted by Gasteiger charge is 2.27. The Bertz CT molecular complexity index is 446. The zero-order valence-electron chi connectivity index (χ0n) is 13.7. The van der Waals surface area contributed by atoms with Crippen molar-refractivity contribution in [3.8, 4) is 0 Å². The molecule has 0 spiro atoms. The zero-order chi connectivity index (χ0) is 14.8. The maximum atomic E-state index is 4.57. The van der Waals surface area contributed by atoms with E-state index in [4.69, 9.17) is 0 Å². The van der Waals surface area contributed by atoms with E-state index in [-0.39, 0.29) is 5.54 Å². The van der Waals surface area contributed by atoms with Gasteiger partial charge in [0.05, 0.1) is 0 Å². The van der Waals surface area contributed by atoms with Crippen molar-refractivity contribution in [3.05, 3.63) is 23.9 Å². The molecule has 0 unspecified atom stereocenters. The van der Waals surface area contributed by atoms with E-state index in [1.54, 1.807) is 0 Å². The molecule has 1 N–H and O–H groups in total. The van der Waals surface area contributed by atoms with Crippen LogP contribution in [0.15, 0.2) is 18.3 Å². The Morgan fingerprint density at radius 2 is 2.10 bits per heavy atom. The van der Waals surface area contributed by atoms with Gasteiger partial charge >= 0.3 is 0 Å². The molecule has 20 heavy (non-hydrogen) atoms. The highest BCUT2D eigenvalue weighted by molar-refractivity contribution is 5.41. The molecule has 0 amide bonds. The minimum atomic E-state index is 0.149. The lowest BCUT2D eigenvalue weighted by atomic mass is 9.84. The molecule has 0 atom stereocenters. The van der Waals surface area contributed by atoms with Crippen LogP contribution in [-0.2, 0) is 6.54 Å². The Kier molecular flexibility index (Phi) is 4.38. The molecule has 3 nitrogen and oxygen atoms in total. The minimum Gasteiger partial charge on any atom is -0.356 e. The van der Waals surface area contributed by atoms with E-state index in [2.05, 4.69) is 62.0 Å². The SMILES string of the molecule is CC1(C)CCCN(c2cc(CNC(C)(C)C)ccn2)C1. The molecule has 3 heteroatoms. The van der Waals surface area contributed by atoms with Crippen LogP contribution in [0.5, 0.6) is 0 Å². The molecular formula is C17H29N3. The smallest absolute Gasteiger partial charge is 0.128 e. The van der Waals surface area contributed by atoms with E-state index in [0.29, 0.717) is 5.41 Å². The third-order valence-corrected chi connectivity index (χ3v) is 3.86. The van der Waals surface area contributed by atoms with Crippen molar-refractivity contribution in [2.45, 2.75) is 59.5 Å². The first kappa shape index (κ1) is 15.3. The molecule has 0 radical (unpaired) electrons. The van der Waals surface area contributed by atoms with Gasteiger partial charge < -0.3 is 10.2 Å². The summed E-state index contributed by atoms with van der Waals surface area (Å²) in [4.78, 5) is 7.01. The van der Waals surface area contributed by atoms with Crippen molar-refractivity contribution in [3.63, 3.8) is 0 Å². The van der Waals surface area contributed by atoms with E-state index < -0.39 is 0 Å². The normalized spacial score (nSPS) is 19.1. The van der Waals surface area contributed by atoms with Gasteiger partial charge in [-0.1, -0.05) is 13.8 Å². The highest BCUT2D eigenvalue weighted by atomic mass is 15.2. The summed E-state index contributed by atoms with van der Waals surface area (Å²) in [6, 6.07) is 4.34. The first-order valence-corrected chi connectivity index (χ1v) is 7.70. The second-order valence-electron chi connectivity index (χ2n) is 7.82. The molecule has 0 aliphatic carbocycles. The van der Waals surface area contributed by atoms with Crippen LogP contribution in [0.25, 0.3) is 0 Å². The number of hydrogen-bond donors (Lipinski definition) is 1. The molecule has 1 aliphatic rings. The van der Waals surface area contributed by atoms with Crippen LogP contribution >= 0.6 is 0 Å². The summed E-state index contributed by atoms with van der Waals surface area (Å²) in [6.45, 7) is 14.4. The molecule has 1 aromatic heterocycles. The summed E-state index contributed by atoms with van der Waals surface area (Å²) >= 11 is 0. The maximum Gasteiger partial charge on any atom is 0.128 e. The fourth-order valence-corrected chi connectivity index (χ4v) is 2.73. The summed E-state index contributed by atoms with van der Waals surface area (Å²) in [6.07, 6.45) is 4.52. The molecular weight excluding hydrogens is 246 g/mol. The van der Waals surface area contributed by atoms with Crippen molar-refractivity contribution < 1.29 is 0 Å². The number of hydrogen-bond acceptors (Lipinski definition) is 3. The largest absolute Gasteiger partial charge is 0.356 e. The molecule has 0 aromatic carbocycles. The fourth-order valence-electron chi connectivity index (χ4n) is 2.73. The first-order valence-electron chi connectivity index (χ1n) is 7.70. The van der Waals surface area contributed by atoms with Crippen LogP contribution in [-0.4, -0.2) is 23.6 Å². The zero-order valence-corrected chi connectivity index (χ0v) is 13.7. The van der Waals surface area contributed by atoms with Gasteiger partial charge in [-0.2, -0.15) is 0 Å². The van der Waals surface area contributed by atoms with Gasteiger partial charge in [0.15, 0.2) is 0 Å². The van der Waals surface area contributed by atoms with Crippen LogP contribution in [0.2, 0.25) is 0 Å². The molecule has 2 heterocycles. The van der Waals surface area contributed by atoms with Crippen LogP contribution < -0.4 is 10.2 Å². The number of rotatable bonds is 3. The molecule has 2 rings (SSSR count). The van der Waals surface area contributed by atoms with Gasteiger partial charge in [0.2, 0.25) is 0 Å². The quantitative estimate of drug-likeness (QED) is 0.913. The lowest BCUT2D eigenvalue weighted by molar-refractivity contribution is 0.292. The van der Waals surface area contributed by atoms with Gasteiger partial charge in [-0.05, 0) is 56.7 Å². The summed E-state index contributed by atoms with van der Waals surface area (Å²) in [7, 11) is 0. The van der Waals surface area contributed by atoms with E-state index in [1.165, 1.54) is 18.4 Å². The Hall–Kier alpha value is -1.09. The van der Waals surface area contributed by atoms with Gasteiger partial charge in [-0.15, -0.1) is 0 Å². The van der Waals surface area contributed by atoms with Crippen LogP contribution in [0.4, 0.5) is 5.82 Å². The molecule has 112 valence electrons. The van der Waals surface area contributed by atoms with Crippen molar-refractivity contribution >= 4 is 5.82 Å². The van der Waals surface area contributed by atoms with Crippen molar-refractivity contribution in [1.82, 2.24) is 10.3 Å². The average Bonchev–Trinajstić information content (AvgIpc) is 2.35. The molecule has 1 saturated heterocycles. The maximum absolute atomic E-state index is 4.57. The Labute approximate surface area is 123 Å². The fraction of sp³-hybridized carbons (Fsp3) is 0.706. The molecule has 0 saturated carbocycles. The summed E-state index contributed by atoms with van der Waals surface area (Å²) in [5, 5.41) is 3.54. The predicted octanol–water partition coefficient (Wildman–Crippen LogP) is 3.60. The third-order valence-electron chi connectivity index (χ3n) is 3.86. The van der Waals surface area contributed by atoms with Gasteiger partial charge in [0.25, 0.3) is 0 Å². The topological polar surface area (TPSA) is 28.2 Å². The number of piperidine rings is 1. The minimum absolute atomic E-state index is 0.149. The van der Waals surface area contributed by atoms with Crippen LogP contribution in [0, 0.1) is 5.41 Å². The number of nitrogens with zero attached hydrogens (tertiary/aromatic N) is 2. The molecule has 1 aliphatic heterocycles. The van der Waals surface area contributed by atoms with Gasteiger partial charge in [0, 0.05) is 31.4 Å². The number of anilines is 1. The highest BCUT2D eigenvalue weighted by Crippen LogP contribution is 2.30. The van der Waals surface area contributed by atoms with Crippen LogP contribution in [0.1, 0.15) is 53.0 Å². The second kappa shape index (κ2) is 5.72. The van der Waals surface area contributed by atoms with Gasteiger partial charge in [-0.3, -0.25) is 0 Å². The van der Waals surface area contributed by atoms with Crippen molar-refractivity contribution in [2.24, 2.45) is 5.41 Å². The average molecular weight is 275 g/mol. The molecule has 1 aromatic rings. The number of aromatic nitrogens is 1. The Morgan fingerprint density at radius 1 is 1.35 bits per heavy atom. The first-order chi connectivity index (χ1) is 9.25. The van der Waals surface area contributed by atoms with Gasteiger partial charge in [0.1, 0.15) is 5.82 Å². The van der Waals surface area contributed by atoms with E-state index in [1.807, 2.05) is 6.20 Å². The lowest BCUT2D eigenvalue weighted by Crippen LogP contribution is -2.40. The molecule has 0 bridgehead atoms. The number of pyridine rings is 1. The predicted molar refractivity (Wildman–Crippen MR) is 86.1 cm³/mol. The summed E-state index contributed by atoms with van der Waals surface area (Å²) in [5.74, 6) is 1.13. The summed E-state index contributed by atoms with van der Waals surface area (Å²) < 4.78 is 0. The standard InChI is InChI=1S/C17H29N3/c1-16(2,3)19-12-14-7-9-18-15(11-14)20-10-6-8-17(4,5)13-20/h7,9,11,19H,6,8,10,12-13H2,1-5H3. The second-order valence-corrected chi connectivity index (χ2v) is 7.82. The van der Waals surface area contributed by atoms with E-state index in [9.17, 15) is 0 Å². The van der Waals surface area contributed by atoms with E-state index >= 15 is 0 Å². The molecule has 1 fully saturated rings. The van der Waals surface area contributed by atoms with E-state index in [0.717, 1.165) is 25.5 Å². The number of nitrogens with one attached hydrogen (secondary N) is 1. The summed E-state index contributed by atoms with van der Waals surface area (Å²) in [5.41, 5.74) is 1.86. The lowest BCUT2D eigenvalue weighted by Gasteiger charge is -2.38. The Balaban J connectivity index is 2.05. The monoisotopic (exact) mass is 275 g/mol. The van der Waals surface area contributed by atoms with Crippen molar-refractivity contribution in [2.75, 3.05) is 18.0 Å². The van der Waals surface area contributed by atoms with Gasteiger partial charge in [-0.25, -0.2) is 4.98 Å². The van der Waals surface area contributed by atoms with Crippen LogP contribution in [0.3, 0.4) is 0 Å². The van der Waals surface area contributed by atoms with Crippen molar-refractivity contribution in [1.29, 1.82) is 0 Å². The Morgan fingerprint density at radius 3 is 2.75 bits per heavy atom.